The van der Waals surface area contributed by atoms with Crippen LogP contribution in [-0.4, -0.2) is 20.6 Å². The standard InChI is InChI=1S/CH2O3.Co.H2O/c2-1(3)4;;/h(H2,2,3,4);;1H2/q;+1;/p-1. The summed E-state index contributed by atoms with van der Waals surface area (Å²) < 4.78 is 6.69. The van der Waals surface area contributed by atoms with Crippen LogP contribution in [0.2, 0.25) is 0 Å². The van der Waals surface area contributed by atoms with Gasteiger partial charge in [0, 0.05) is 0 Å². The molecule has 0 unspecified atom stereocenters. The molecule has 6 heavy (non-hydrogen) atoms. The van der Waals surface area contributed by atoms with E-state index in [-0.39, 0.29) is 0 Å². The molecule has 0 saturated heterocycles. The van der Waals surface area contributed by atoms with Crippen molar-refractivity contribution in [2.24, 2.45) is 0 Å². The number of hydrogen-bond acceptors (Lipinski definition) is 2. The first kappa shape index (κ1) is 9.22. The summed E-state index contributed by atoms with van der Waals surface area (Å²) in [7, 11) is 0. The Morgan fingerprint density at radius 3 is 1.33 bits per heavy atom. The summed E-state index contributed by atoms with van der Waals surface area (Å²) in [6.07, 6.45) is -1.83. The minimum absolute atomic E-state index is 1.83. The molecular weight excluding hydrogens is 135 g/mol. The van der Waals surface area contributed by atoms with E-state index in [4.69, 9.17) is 19.2 Å². The van der Waals surface area contributed by atoms with E-state index >= 15 is 0 Å². The summed E-state index contributed by atoms with van der Waals surface area (Å²) in [4.78, 5) is 8.56. The molecular formula is CH3CoO4. The van der Waals surface area contributed by atoms with E-state index in [0.717, 1.165) is 0 Å². The van der Waals surface area contributed by atoms with Crippen molar-refractivity contribution in [3.8, 4) is 0 Å². The van der Waals surface area contributed by atoms with Crippen LogP contribution in [0.4, 0.5) is 4.79 Å². The van der Waals surface area contributed by atoms with E-state index in [1.54, 1.807) is 0 Å². The summed E-state index contributed by atoms with van der Waals surface area (Å²) in [5, 5.41) is 13.9. The maximum atomic E-state index is 8.56. The van der Waals surface area contributed by atoms with E-state index in [1.165, 1.54) is 0 Å². The molecule has 0 aliphatic rings. The molecule has 0 amide bonds. The molecule has 0 aromatic carbocycles. The van der Waals surface area contributed by atoms with Crippen LogP contribution in [0.5, 0.6) is 0 Å². The zero-order chi connectivity index (χ0) is 5.58. The van der Waals surface area contributed by atoms with Crippen LogP contribution in [0.1, 0.15) is 0 Å². The molecule has 0 spiro atoms. The second-order valence-electron chi connectivity index (χ2n) is 0.283. The summed E-state index contributed by atoms with van der Waals surface area (Å²) in [5.41, 5.74) is 0. The fourth-order valence-corrected chi connectivity index (χ4v) is 0. The average molecular weight is 138 g/mol. The van der Waals surface area contributed by atoms with Crippen molar-refractivity contribution in [2.45, 2.75) is 0 Å². The van der Waals surface area contributed by atoms with Gasteiger partial charge in [-0.25, -0.2) is 4.79 Å². The molecule has 5 heteroatoms. The quantitative estimate of drug-likeness (QED) is 0.428. The van der Waals surface area contributed by atoms with Gasteiger partial charge in [-0.3, -0.25) is 0 Å². The van der Waals surface area contributed by atoms with Gasteiger partial charge in [-0.05, 0) is 0 Å². The summed E-state index contributed by atoms with van der Waals surface area (Å²) in [6, 6.07) is 0. The van der Waals surface area contributed by atoms with Gasteiger partial charge >= 0.3 is 26.4 Å². The first-order valence-electron chi connectivity index (χ1n) is 0.800. The molecule has 0 saturated carbocycles. The van der Waals surface area contributed by atoms with Crippen LogP contribution < -0.4 is 0 Å². The fourth-order valence-electron chi connectivity index (χ4n) is 0. The van der Waals surface area contributed by atoms with Crippen molar-refractivity contribution >= 4 is 6.16 Å². The second-order valence-corrected chi connectivity index (χ2v) is 0.283. The van der Waals surface area contributed by atoms with Gasteiger partial charge in [-0.15, -0.1) is 0 Å². The molecule has 0 atom stereocenters. The van der Waals surface area contributed by atoms with Gasteiger partial charge in [0.25, 0.3) is 0 Å². The van der Waals surface area contributed by atoms with Crippen LogP contribution in [0.25, 0.3) is 0 Å². The van der Waals surface area contributed by atoms with Gasteiger partial charge in [0.15, 0.2) is 0 Å². The molecule has 0 heterocycles. The number of carboxylic acid groups (broad SMARTS) is 2. The van der Waals surface area contributed by atoms with Crippen LogP contribution in [0.15, 0.2) is 0 Å². The Kier molecular flexibility index (Phi) is 13.6. The van der Waals surface area contributed by atoms with Crippen LogP contribution in [0.3, 0.4) is 0 Å². The molecule has 0 aromatic heterocycles. The van der Waals surface area contributed by atoms with E-state index in [2.05, 4.69) is 16.1 Å². The van der Waals surface area contributed by atoms with Crippen molar-refractivity contribution in [1.29, 1.82) is 0 Å². The Labute approximate surface area is 42.3 Å². The normalized spacial score (nSPS) is 5.17. The van der Waals surface area contributed by atoms with Crippen molar-refractivity contribution in [3.05, 3.63) is 0 Å². The summed E-state index contributed by atoms with van der Waals surface area (Å²) in [6.45, 7) is 0. The van der Waals surface area contributed by atoms with Gasteiger partial charge in [0.1, 0.15) is 0 Å². The third-order valence-electron chi connectivity index (χ3n) is 0. The molecule has 0 aliphatic carbocycles. The number of carbonyl (C=O) groups is 1. The van der Waals surface area contributed by atoms with Gasteiger partial charge in [0.2, 0.25) is 0 Å². The zero-order valence-electron chi connectivity index (χ0n) is 2.58. The van der Waals surface area contributed by atoms with Gasteiger partial charge in [-0.2, -0.15) is 0 Å². The van der Waals surface area contributed by atoms with E-state index < -0.39 is 6.16 Å². The fraction of sp³-hybridized carbons (Fsp3) is 0. The van der Waals surface area contributed by atoms with E-state index in [1.807, 2.05) is 0 Å². The van der Waals surface area contributed by atoms with E-state index in [9.17, 15) is 0 Å². The van der Waals surface area contributed by atoms with Crippen molar-refractivity contribution < 1.29 is 35.3 Å². The maximum absolute atomic E-state index is 8.56. The van der Waals surface area contributed by atoms with Crippen molar-refractivity contribution in [3.63, 3.8) is 0 Å². The van der Waals surface area contributed by atoms with Gasteiger partial charge in [-0.1, -0.05) is 0 Å². The Morgan fingerprint density at radius 1 is 1.33 bits per heavy atom. The van der Waals surface area contributed by atoms with Crippen molar-refractivity contribution in [1.82, 2.24) is 0 Å². The predicted octanol–water partition coefficient (Wildman–Crippen LogP) is -0.337. The van der Waals surface area contributed by atoms with E-state index in [0.29, 0.717) is 0 Å². The van der Waals surface area contributed by atoms with Crippen LogP contribution in [0, 0.1) is 0 Å². The van der Waals surface area contributed by atoms with Crippen LogP contribution in [-0.2, 0) is 16.1 Å². The SMILES string of the molecule is O=C(O)O.[OH][Co]. The number of rotatable bonds is 0. The van der Waals surface area contributed by atoms with Crippen LogP contribution >= 0.6 is 0 Å². The first-order valence-corrected chi connectivity index (χ1v) is 1.27. The Morgan fingerprint density at radius 2 is 1.33 bits per heavy atom. The molecule has 0 aromatic rings. The molecule has 3 N–H and O–H groups in total. The summed E-state index contributed by atoms with van der Waals surface area (Å²) >= 11 is 2.56. The molecule has 4 nitrogen and oxygen atoms in total. The number of hydrogen-bond donors (Lipinski definition) is 3. The molecule has 0 rings (SSSR count). The molecule has 40 valence electrons. The third-order valence-corrected chi connectivity index (χ3v) is 0. The monoisotopic (exact) mass is 138 g/mol. The Bertz CT molecular complexity index is 30.5. The Hall–Kier alpha value is -0.264. The third kappa shape index (κ3) is 403. The topological polar surface area (TPSA) is 77.8 Å². The van der Waals surface area contributed by atoms with Gasteiger partial charge < -0.3 is 10.2 Å². The molecule has 0 bridgehead atoms. The average Bonchev–Trinajstić information content (AvgIpc) is 1.41. The zero-order valence-corrected chi connectivity index (χ0v) is 3.62. The first-order chi connectivity index (χ1) is 2.73. The predicted molar refractivity (Wildman–Crippen MR) is 12.9 cm³/mol. The van der Waals surface area contributed by atoms with Crippen molar-refractivity contribution in [2.75, 3.05) is 0 Å². The van der Waals surface area contributed by atoms with Gasteiger partial charge in [0.05, 0.1) is 0 Å². The molecule has 0 aliphatic heterocycles. The molecule has 0 radical (unpaired) electrons. The second kappa shape index (κ2) is 8.83. The Balaban J connectivity index is 0. The summed E-state index contributed by atoms with van der Waals surface area (Å²) in [5.74, 6) is 0. The minimum atomic E-state index is -1.83. The molecule has 0 fully saturated rings.